The number of anilines is 1. The first-order chi connectivity index (χ1) is 26.6. The normalized spacial score (nSPS) is 14.7. The van der Waals surface area contributed by atoms with Gasteiger partial charge < -0.3 is 28.9 Å². The van der Waals surface area contributed by atoms with Gasteiger partial charge in [0.2, 0.25) is 5.91 Å². The highest BCUT2D eigenvalue weighted by Crippen LogP contribution is 2.34. The molecule has 0 saturated carbocycles. The van der Waals surface area contributed by atoms with Crippen molar-refractivity contribution in [1.82, 2.24) is 9.80 Å². The number of alkyl halides is 7. The van der Waals surface area contributed by atoms with Gasteiger partial charge in [0, 0.05) is 51.4 Å². The van der Waals surface area contributed by atoms with Crippen molar-refractivity contribution in [3.8, 4) is 5.75 Å². The second-order valence-corrected chi connectivity index (χ2v) is 14.8. The molecule has 4 aromatic rings. The van der Waals surface area contributed by atoms with E-state index in [0.29, 0.717) is 24.3 Å². The zero-order chi connectivity index (χ0) is 40.3. The Labute approximate surface area is 334 Å². The number of hydrogen-bond donors (Lipinski definition) is 0. The van der Waals surface area contributed by atoms with Crippen LogP contribution in [0.3, 0.4) is 0 Å². The first-order valence-corrected chi connectivity index (χ1v) is 18.7. The summed E-state index contributed by atoms with van der Waals surface area (Å²) in [5.74, 6) is -1.35. The fraction of sp³-hybridized carbons (Fsp3) is 0.317. The summed E-state index contributed by atoms with van der Waals surface area (Å²) in [6.07, 6.45) is -6.59. The maximum atomic E-state index is 14.6. The van der Waals surface area contributed by atoms with Gasteiger partial charge >= 0.3 is 12.5 Å². The Bertz CT molecular complexity index is 1920. The predicted octanol–water partition coefficient (Wildman–Crippen LogP) is 8.53. The van der Waals surface area contributed by atoms with E-state index >= 15 is 0 Å². The monoisotopic (exact) mass is 895 g/mol. The molecule has 298 valence electrons. The molecule has 56 heavy (non-hydrogen) atoms. The minimum absolute atomic E-state index is 0.0156. The Hall–Kier alpha value is -4.61. The van der Waals surface area contributed by atoms with E-state index in [1.54, 1.807) is 13.1 Å². The molecular formula is C41H40F6IN3O5. The first kappa shape index (κ1) is 42.5. The predicted molar refractivity (Wildman–Crippen MR) is 208 cm³/mol. The van der Waals surface area contributed by atoms with Crippen LogP contribution in [0.5, 0.6) is 5.75 Å². The Morgan fingerprint density at radius 2 is 1.50 bits per heavy atom. The fourth-order valence-electron chi connectivity index (χ4n) is 6.01. The summed E-state index contributed by atoms with van der Waals surface area (Å²) in [5.41, 5.74) is 2.47. The maximum absolute atomic E-state index is 14.6. The largest absolute Gasteiger partial charge is 0.573 e. The average Bonchev–Trinajstić information content (AvgIpc) is 3.17. The molecular weight excluding hydrogens is 855 g/mol. The molecule has 4 aromatic carbocycles. The van der Waals surface area contributed by atoms with Gasteiger partial charge in [-0.2, -0.15) is 13.2 Å². The maximum Gasteiger partial charge on any atom is 0.573 e. The van der Waals surface area contributed by atoms with Crippen LogP contribution in [0.15, 0.2) is 109 Å². The van der Waals surface area contributed by atoms with Gasteiger partial charge in [-0.15, -0.1) is 13.2 Å². The Morgan fingerprint density at radius 3 is 2.14 bits per heavy atom. The molecule has 1 saturated heterocycles. The van der Waals surface area contributed by atoms with Crippen LogP contribution in [-0.2, 0) is 44.8 Å². The van der Waals surface area contributed by atoms with E-state index in [-0.39, 0.29) is 38.5 Å². The van der Waals surface area contributed by atoms with Crippen LogP contribution in [-0.4, -0.2) is 78.0 Å². The minimum atomic E-state index is -4.84. The Balaban J connectivity index is 1.40. The van der Waals surface area contributed by atoms with Gasteiger partial charge in [0.15, 0.2) is 3.55 Å². The lowest BCUT2D eigenvalue weighted by molar-refractivity contribution is -0.274. The molecule has 0 spiro atoms. The van der Waals surface area contributed by atoms with Gasteiger partial charge in [0.05, 0.1) is 32.0 Å². The van der Waals surface area contributed by atoms with Crippen LogP contribution in [0, 0.1) is 0 Å². The van der Waals surface area contributed by atoms with Crippen molar-refractivity contribution < 1.29 is 50.1 Å². The molecule has 1 fully saturated rings. The quantitative estimate of drug-likeness (QED) is 0.0298. The zero-order valence-corrected chi connectivity index (χ0v) is 32.5. The molecule has 1 heterocycles. The van der Waals surface area contributed by atoms with Crippen molar-refractivity contribution in [2.45, 2.75) is 35.7 Å². The number of benzene rings is 4. The van der Waals surface area contributed by atoms with Crippen molar-refractivity contribution >= 4 is 46.2 Å². The molecule has 0 aliphatic carbocycles. The van der Waals surface area contributed by atoms with Crippen LogP contribution in [0.4, 0.5) is 32.0 Å². The molecule has 15 heteroatoms. The van der Waals surface area contributed by atoms with E-state index in [1.165, 1.54) is 52.3 Å². The molecule has 0 bridgehead atoms. The van der Waals surface area contributed by atoms with Gasteiger partial charge in [-0.3, -0.25) is 9.59 Å². The lowest BCUT2D eigenvalue weighted by Crippen LogP contribution is -2.58. The number of morpholine rings is 1. The summed E-state index contributed by atoms with van der Waals surface area (Å²) in [4.78, 5) is 34.0. The van der Waals surface area contributed by atoms with Gasteiger partial charge in [-0.1, -0.05) is 66.7 Å². The minimum Gasteiger partial charge on any atom is -0.406 e. The third-order valence-electron chi connectivity index (χ3n) is 8.93. The molecule has 8 nitrogen and oxygen atoms in total. The fourth-order valence-corrected chi connectivity index (χ4v) is 7.27. The molecule has 1 atom stereocenters. The van der Waals surface area contributed by atoms with E-state index in [2.05, 4.69) is 9.64 Å². The van der Waals surface area contributed by atoms with Gasteiger partial charge in [-0.05, 0) is 87.3 Å². The van der Waals surface area contributed by atoms with E-state index in [9.17, 15) is 35.9 Å². The number of ether oxygens (including phenoxy) is 3. The number of amides is 2. The van der Waals surface area contributed by atoms with Crippen LogP contribution < -0.4 is 9.64 Å². The number of carbonyl (C=O) groups excluding carboxylic acids is 2. The molecule has 2 amide bonds. The molecule has 1 aliphatic rings. The summed E-state index contributed by atoms with van der Waals surface area (Å²) in [6.45, 7) is 2.75. The van der Waals surface area contributed by atoms with E-state index in [0.717, 1.165) is 42.0 Å². The SMILES string of the molecule is CN(CCOCc1cccc(OC(F)(F)F)c1)C(=O)C(I)(Cc1ccccc1)N(Cc1ccc(N2CCOCC2)cc1)C(=O)C=Cc1ccc(C(F)(F)F)cc1. The molecule has 1 aliphatic heterocycles. The van der Waals surface area contributed by atoms with E-state index in [1.807, 2.05) is 77.2 Å². The van der Waals surface area contributed by atoms with Crippen LogP contribution in [0.1, 0.15) is 27.8 Å². The number of hydrogen-bond acceptors (Lipinski definition) is 6. The molecule has 1 unspecified atom stereocenters. The van der Waals surface area contributed by atoms with Crippen molar-refractivity contribution in [2.24, 2.45) is 0 Å². The molecule has 0 aromatic heterocycles. The van der Waals surface area contributed by atoms with E-state index in [4.69, 9.17) is 9.47 Å². The van der Waals surface area contributed by atoms with Crippen LogP contribution in [0.2, 0.25) is 0 Å². The second kappa shape index (κ2) is 19.0. The number of rotatable bonds is 15. The van der Waals surface area contributed by atoms with Crippen molar-refractivity contribution in [2.75, 3.05) is 51.4 Å². The summed E-state index contributed by atoms with van der Waals surface area (Å²) in [7, 11) is 1.57. The lowest BCUT2D eigenvalue weighted by Gasteiger charge is -2.40. The van der Waals surface area contributed by atoms with Crippen molar-refractivity contribution in [1.29, 1.82) is 0 Å². The van der Waals surface area contributed by atoms with Crippen molar-refractivity contribution in [3.63, 3.8) is 0 Å². The number of halogens is 7. The smallest absolute Gasteiger partial charge is 0.406 e. The molecule has 0 N–H and O–H groups in total. The third kappa shape index (κ3) is 12.2. The molecule has 0 radical (unpaired) electrons. The topological polar surface area (TPSA) is 71.6 Å². The number of likely N-dealkylation sites (N-methyl/N-ethyl adjacent to an activating group) is 1. The van der Waals surface area contributed by atoms with Crippen LogP contribution in [0.25, 0.3) is 6.08 Å². The van der Waals surface area contributed by atoms with Gasteiger partial charge in [0.25, 0.3) is 5.91 Å². The standard InChI is InChI=1S/C41H40F6IN3O5/c1-49(20-23-55-29-33-8-5-9-36(26-33)56-41(45,46)47)38(53)39(48,27-31-6-3-2-4-7-31)51(28-32-12-17-35(18-13-32)50-21-24-54-25-22-50)37(52)19-14-30-10-15-34(16-11-30)40(42,43)44/h2-19,26H,20-25,27-29H2,1H3. The zero-order valence-electron chi connectivity index (χ0n) is 30.4. The molecule has 5 rings (SSSR count). The van der Waals surface area contributed by atoms with E-state index < -0.39 is 33.5 Å². The van der Waals surface area contributed by atoms with Gasteiger partial charge in [-0.25, -0.2) is 0 Å². The third-order valence-corrected chi connectivity index (χ3v) is 10.4. The van der Waals surface area contributed by atoms with Crippen molar-refractivity contribution in [3.05, 3.63) is 137 Å². The first-order valence-electron chi connectivity index (χ1n) is 17.6. The highest BCUT2D eigenvalue weighted by Gasteiger charge is 2.45. The average molecular weight is 896 g/mol. The Morgan fingerprint density at radius 1 is 0.839 bits per heavy atom. The number of carbonyl (C=O) groups is 2. The lowest BCUT2D eigenvalue weighted by atomic mass is 10.0. The van der Waals surface area contributed by atoms with Crippen LogP contribution >= 0.6 is 22.6 Å². The summed E-state index contributed by atoms with van der Waals surface area (Å²) in [6, 6.07) is 26.6. The summed E-state index contributed by atoms with van der Waals surface area (Å²) in [5, 5.41) is 0. The van der Waals surface area contributed by atoms with Gasteiger partial charge in [0.1, 0.15) is 5.75 Å². The Kier molecular flexibility index (Phi) is 14.4. The highest BCUT2D eigenvalue weighted by molar-refractivity contribution is 14.1. The summed E-state index contributed by atoms with van der Waals surface area (Å²) >= 11 is 2.00. The summed E-state index contributed by atoms with van der Waals surface area (Å²) < 4.78 is 91.4. The highest BCUT2D eigenvalue weighted by atomic mass is 127. The second-order valence-electron chi connectivity index (χ2n) is 13.0. The number of nitrogens with zero attached hydrogens (tertiary/aromatic N) is 3.